The van der Waals surface area contributed by atoms with E-state index in [1.807, 2.05) is 6.07 Å². The van der Waals surface area contributed by atoms with E-state index in [0.717, 1.165) is 25.4 Å². The zero-order chi connectivity index (χ0) is 17.8. The van der Waals surface area contributed by atoms with E-state index in [1.54, 1.807) is 6.20 Å². The van der Waals surface area contributed by atoms with Crippen LogP contribution in [-0.2, 0) is 15.8 Å². The fourth-order valence-corrected chi connectivity index (χ4v) is 3.07. The Balaban J connectivity index is 1.87. The van der Waals surface area contributed by atoms with Crippen molar-refractivity contribution < 1.29 is 13.9 Å². The third-order valence-electron chi connectivity index (χ3n) is 4.82. The maximum absolute atomic E-state index is 6.21. The first-order chi connectivity index (χ1) is 11.2. The average molecular weight is 354 g/mol. The topological polar surface area (TPSA) is 56.7 Å². The van der Waals surface area contributed by atoms with Crippen LogP contribution in [0, 0.1) is 0 Å². The highest BCUT2D eigenvalue weighted by Crippen LogP contribution is 2.36. The molecule has 0 amide bonds. The average Bonchev–Trinajstić information content (AvgIpc) is 2.50. The second kappa shape index (κ2) is 7.90. The molecule has 0 bridgehead atoms. The van der Waals surface area contributed by atoms with Crippen LogP contribution in [0.1, 0.15) is 26.5 Å². The largest absolute Gasteiger partial charge is 0.461 e. The molecule has 24 heavy (non-hydrogen) atoms. The molecule has 1 aromatic heterocycles. The molecule has 1 atom stereocenters. The molecule has 7 heteroatoms. The van der Waals surface area contributed by atoms with Crippen LogP contribution >= 0.6 is 0 Å². The highest BCUT2D eigenvalue weighted by molar-refractivity contribution is 6.74. The number of hydrogen-bond acceptors (Lipinski definition) is 6. The lowest BCUT2D eigenvalue weighted by Gasteiger charge is -2.36. The van der Waals surface area contributed by atoms with Crippen LogP contribution < -0.4 is 4.74 Å². The van der Waals surface area contributed by atoms with Crippen molar-refractivity contribution >= 4 is 8.32 Å². The summed E-state index contributed by atoms with van der Waals surface area (Å²) < 4.78 is 17.6. The lowest BCUT2D eigenvalue weighted by molar-refractivity contribution is -0.0417. The van der Waals surface area contributed by atoms with Crippen LogP contribution in [0.4, 0.5) is 0 Å². The summed E-state index contributed by atoms with van der Waals surface area (Å²) in [5.74, 6) is 0. The summed E-state index contributed by atoms with van der Waals surface area (Å²) in [5, 5.41) is 0.184. The molecule has 0 radical (unpaired) electrons. The Morgan fingerprint density at radius 2 is 2.12 bits per heavy atom. The molecule has 1 saturated heterocycles. The molecule has 2 rings (SSSR count). The lowest BCUT2D eigenvalue weighted by atomic mass is 10.2. The summed E-state index contributed by atoms with van der Waals surface area (Å²) in [6.45, 7) is 14.7. The molecule has 2 heterocycles. The molecule has 6 nitrogen and oxygen atoms in total. The molecule has 0 unspecified atom stereocenters. The third kappa shape index (κ3) is 5.51. The molecule has 0 aromatic carbocycles. The van der Waals surface area contributed by atoms with Gasteiger partial charge in [0, 0.05) is 19.3 Å². The van der Waals surface area contributed by atoms with Crippen molar-refractivity contribution in [1.29, 1.82) is 0 Å². The van der Waals surface area contributed by atoms with Crippen LogP contribution in [0.25, 0.3) is 0 Å². The number of aromatic nitrogens is 2. The number of rotatable bonds is 6. The van der Waals surface area contributed by atoms with Gasteiger partial charge in [-0.2, -0.15) is 4.98 Å². The third-order valence-corrected chi connectivity index (χ3v) is 9.30. The standard InChI is InChI=1S/C17H31N3O3Si/c1-17(2,3)24(5,6)23-12-14-7-8-18-16(19-14)22-13-15-11-20(4)9-10-21-15/h7-8,15H,9-13H2,1-6H3/t15-/m1/s1. The minimum absolute atomic E-state index is 0.0690. The molecule has 1 aliphatic heterocycles. The van der Waals surface area contributed by atoms with Crippen LogP contribution in [0.5, 0.6) is 6.01 Å². The van der Waals surface area contributed by atoms with Crippen molar-refractivity contribution in [2.45, 2.75) is 51.6 Å². The van der Waals surface area contributed by atoms with E-state index in [-0.39, 0.29) is 11.1 Å². The Morgan fingerprint density at radius 3 is 2.79 bits per heavy atom. The smallest absolute Gasteiger partial charge is 0.316 e. The van der Waals surface area contributed by atoms with E-state index >= 15 is 0 Å². The minimum Gasteiger partial charge on any atom is -0.461 e. The summed E-state index contributed by atoms with van der Waals surface area (Å²) in [6.07, 6.45) is 1.79. The van der Waals surface area contributed by atoms with E-state index in [1.165, 1.54) is 0 Å². The monoisotopic (exact) mass is 353 g/mol. The summed E-state index contributed by atoms with van der Waals surface area (Å²) in [6, 6.07) is 2.27. The summed E-state index contributed by atoms with van der Waals surface area (Å²) >= 11 is 0. The summed E-state index contributed by atoms with van der Waals surface area (Å²) in [5.41, 5.74) is 0.853. The molecule has 136 valence electrons. The van der Waals surface area contributed by atoms with Gasteiger partial charge in [0.2, 0.25) is 0 Å². The quantitative estimate of drug-likeness (QED) is 0.733. The van der Waals surface area contributed by atoms with Gasteiger partial charge in [0.05, 0.1) is 18.9 Å². The van der Waals surface area contributed by atoms with E-state index in [9.17, 15) is 0 Å². The second-order valence-electron chi connectivity index (χ2n) is 7.95. The van der Waals surface area contributed by atoms with Gasteiger partial charge >= 0.3 is 6.01 Å². The molecule has 1 aliphatic rings. The molecule has 0 spiro atoms. The Labute approximate surface area is 146 Å². The maximum Gasteiger partial charge on any atom is 0.316 e. The minimum atomic E-state index is -1.78. The van der Waals surface area contributed by atoms with Gasteiger partial charge in [-0.25, -0.2) is 4.98 Å². The molecular formula is C17H31N3O3Si. The first kappa shape index (κ1) is 19.3. The number of nitrogens with zero attached hydrogens (tertiary/aromatic N) is 3. The fourth-order valence-electron chi connectivity index (χ4n) is 2.13. The number of morpholine rings is 1. The molecule has 0 saturated carbocycles. The van der Waals surface area contributed by atoms with E-state index in [4.69, 9.17) is 13.9 Å². The first-order valence-electron chi connectivity index (χ1n) is 8.56. The van der Waals surface area contributed by atoms with Crippen molar-refractivity contribution in [2.24, 2.45) is 0 Å². The fraction of sp³-hybridized carbons (Fsp3) is 0.765. The van der Waals surface area contributed by atoms with Gasteiger partial charge in [-0.05, 0) is 31.2 Å². The van der Waals surface area contributed by atoms with Gasteiger partial charge in [-0.3, -0.25) is 0 Å². The van der Waals surface area contributed by atoms with Crippen LogP contribution in [0.15, 0.2) is 12.3 Å². The summed E-state index contributed by atoms with van der Waals surface area (Å²) in [7, 11) is 0.303. The second-order valence-corrected chi connectivity index (χ2v) is 12.8. The van der Waals surface area contributed by atoms with Gasteiger partial charge in [0.25, 0.3) is 0 Å². The molecule has 0 aliphatic carbocycles. The Morgan fingerprint density at radius 1 is 1.38 bits per heavy atom. The Hall–Kier alpha value is -1.02. The number of ether oxygens (including phenoxy) is 2. The predicted molar refractivity (Wildman–Crippen MR) is 96.8 cm³/mol. The highest BCUT2D eigenvalue weighted by atomic mass is 28.4. The Kier molecular flexibility index (Phi) is 6.36. The van der Waals surface area contributed by atoms with Crippen molar-refractivity contribution in [2.75, 3.05) is 33.4 Å². The van der Waals surface area contributed by atoms with Crippen LogP contribution in [0.2, 0.25) is 18.1 Å². The van der Waals surface area contributed by atoms with Crippen LogP contribution in [0.3, 0.4) is 0 Å². The van der Waals surface area contributed by atoms with E-state index < -0.39 is 8.32 Å². The van der Waals surface area contributed by atoms with Gasteiger partial charge in [0.1, 0.15) is 12.7 Å². The van der Waals surface area contributed by atoms with Crippen molar-refractivity contribution in [3.05, 3.63) is 18.0 Å². The SMILES string of the molecule is CN1CCO[C@@H](COc2nccc(CO[Si](C)(C)C(C)(C)C)n2)C1. The highest BCUT2D eigenvalue weighted by Gasteiger charge is 2.37. The van der Waals surface area contributed by atoms with Gasteiger partial charge in [-0.15, -0.1) is 0 Å². The first-order valence-corrected chi connectivity index (χ1v) is 11.5. The summed E-state index contributed by atoms with van der Waals surface area (Å²) in [4.78, 5) is 10.9. The Bertz CT molecular complexity index is 534. The van der Waals surface area contributed by atoms with E-state index in [0.29, 0.717) is 19.2 Å². The van der Waals surface area contributed by atoms with Crippen molar-refractivity contribution in [3.63, 3.8) is 0 Å². The maximum atomic E-state index is 6.21. The normalized spacial score (nSPS) is 20.2. The van der Waals surface area contributed by atoms with Crippen molar-refractivity contribution in [1.82, 2.24) is 14.9 Å². The van der Waals surface area contributed by atoms with E-state index in [2.05, 4.69) is 55.8 Å². The zero-order valence-electron chi connectivity index (χ0n) is 15.8. The molecule has 0 N–H and O–H groups in total. The van der Waals surface area contributed by atoms with Gasteiger partial charge in [-0.1, -0.05) is 20.8 Å². The molecule has 1 aromatic rings. The van der Waals surface area contributed by atoms with Gasteiger partial charge < -0.3 is 18.8 Å². The number of likely N-dealkylation sites (N-methyl/N-ethyl adjacent to an activating group) is 1. The van der Waals surface area contributed by atoms with Gasteiger partial charge in [0.15, 0.2) is 8.32 Å². The molecular weight excluding hydrogens is 322 g/mol. The molecule has 1 fully saturated rings. The number of hydrogen-bond donors (Lipinski definition) is 0. The predicted octanol–water partition coefficient (Wildman–Crippen LogP) is 2.71. The van der Waals surface area contributed by atoms with Crippen LogP contribution in [-0.4, -0.2) is 62.6 Å². The lowest BCUT2D eigenvalue weighted by Crippen LogP contribution is -2.42. The zero-order valence-corrected chi connectivity index (χ0v) is 16.8. The van der Waals surface area contributed by atoms with Crippen molar-refractivity contribution in [3.8, 4) is 6.01 Å².